The number of anilines is 1. The fourth-order valence-electron chi connectivity index (χ4n) is 3.50. The number of aryl methyl sites for hydroxylation is 1. The van der Waals surface area contributed by atoms with E-state index in [-0.39, 0.29) is 17.0 Å². The number of aliphatic hydroxyl groups is 1. The van der Waals surface area contributed by atoms with Gasteiger partial charge in [-0.15, -0.1) is 0 Å². The summed E-state index contributed by atoms with van der Waals surface area (Å²) in [6.07, 6.45) is 1.48. The fraction of sp³-hybridized carbons (Fsp3) is 0.0870. The Morgan fingerprint density at radius 3 is 2.48 bits per heavy atom. The molecule has 1 aliphatic rings. The molecule has 4 rings (SSSR count). The van der Waals surface area contributed by atoms with Gasteiger partial charge in [-0.3, -0.25) is 19.5 Å². The van der Waals surface area contributed by atoms with Crippen molar-refractivity contribution < 1.29 is 23.5 Å². The van der Waals surface area contributed by atoms with E-state index in [1.54, 1.807) is 36.4 Å². The number of halogens is 3. The highest BCUT2D eigenvalue weighted by Crippen LogP contribution is 2.41. The third-order valence-corrected chi connectivity index (χ3v) is 5.91. The first-order valence-electron chi connectivity index (χ1n) is 9.23. The SMILES string of the molecule is Cc1cc(/C(O)=C2\C(=O)C(=O)N(c3ccc(F)c(F)c3)C2c2ccccn2)ccc1Br. The van der Waals surface area contributed by atoms with Gasteiger partial charge in [0.15, 0.2) is 11.6 Å². The van der Waals surface area contributed by atoms with E-state index in [2.05, 4.69) is 20.9 Å². The molecule has 0 spiro atoms. The van der Waals surface area contributed by atoms with Crippen LogP contribution in [0.15, 0.2) is 70.8 Å². The summed E-state index contributed by atoms with van der Waals surface area (Å²) in [7, 11) is 0. The number of Topliss-reactive ketones (excluding diaryl/α,β-unsaturated/α-hetero) is 1. The van der Waals surface area contributed by atoms with E-state index in [0.29, 0.717) is 11.3 Å². The van der Waals surface area contributed by atoms with E-state index in [4.69, 9.17) is 0 Å². The zero-order valence-corrected chi connectivity index (χ0v) is 17.7. The van der Waals surface area contributed by atoms with Crippen molar-refractivity contribution in [2.24, 2.45) is 0 Å². The number of hydrogen-bond acceptors (Lipinski definition) is 4. The maximum Gasteiger partial charge on any atom is 0.300 e. The fourth-order valence-corrected chi connectivity index (χ4v) is 3.75. The van der Waals surface area contributed by atoms with Gasteiger partial charge in [0.1, 0.15) is 11.8 Å². The minimum Gasteiger partial charge on any atom is -0.507 e. The number of nitrogens with zero attached hydrogens (tertiary/aromatic N) is 2. The second-order valence-corrected chi connectivity index (χ2v) is 7.84. The Morgan fingerprint density at radius 2 is 1.84 bits per heavy atom. The molecule has 1 unspecified atom stereocenters. The Kier molecular flexibility index (Phi) is 5.41. The molecule has 5 nitrogen and oxygen atoms in total. The lowest BCUT2D eigenvalue weighted by atomic mass is 9.97. The third-order valence-electron chi connectivity index (χ3n) is 5.03. The zero-order chi connectivity index (χ0) is 22.3. The van der Waals surface area contributed by atoms with Gasteiger partial charge in [0, 0.05) is 28.0 Å². The Bertz CT molecular complexity index is 1240. The van der Waals surface area contributed by atoms with Crippen LogP contribution in [-0.2, 0) is 9.59 Å². The first-order valence-corrected chi connectivity index (χ1v) is 10.0. The lowest BCUT2D eigenvalue weighted by Gasteiger charge is -2.24. The van der Waals surface area contributed by atoms with Gasteiger partial charge >= 0.3 is 0 Å². The molecule has 3 aromatic rings. The molecule has 0 aliphatic carbocycles. The van der Waals surface area contributed by atoms with Crippen molar-refractivity contribution in [1.29, 1.82) is 0 Å². The van der Waals surface area contributed by atoms with E-state index >= 15 is 0 Å². The highest BCUT2D eigenvalue weighted by atomic mass is 79.9. The summed E-state index contributed by atoms with van der Waals surface area (Å²) in [4.78, 5) is 31.2. The number of aliphatic hydroxyl groups excluding tert-OH is 1. The summed E-state index contributed by atoms with van der Waals surface area (Å²) in [5.74, 6) is -4.55. The van der Waals surface area contributed by atoms with Crippen LogP contribution in [0.1, 0.15) is 22.9 Å². The summed E-state index contributed by atoms with van der Waals surface area (Å²) < 4.78 is 28.2. The first-order chi connectivity index (χ1) is 14.8. The summed E-state index contributed by atoms with van der Waals surface area (Å²) >= 11 is 3.38. The highest BCUT2D eigenvalue weighted by Gasteiger charge is 2.47. The van der Waals surface area contributed by atoms with Crippen LogP contribution in [0.25, 0.3) is 5.76 Å². The largest absolute Gasteiger partial charge is 0.507 e. The average molecular weight is 485 g/mol. The normalized spacial score (nSPS) is 17.9. The molecule has 1 amide bonds. The average Bonchev–Trinajstić information content (AvgIpc) is 3.03. The van der Waals surface area contributed by atoms with Crippen LogP contribution in [0.3, 0.4) is 0 Å². The van der Waals surface area contributed by atoms with Crippen LogP contribution in [0.4, 0.5) is 14.5 Å². The van der Waals surface area contributed by atoms with Gasteiger partial charge in [-0.05, 0) is 48.9 Å². The highest BCUT2D eigenvalue weighted by molar-refractivity contribution is 9.10. The van der Waals surface area contributed by atoms with Gasteiger partial charge in [0.25, 0.3) is 11.7 Å². The van der Waals surface area contributed by atoms with E-state index in [0.717, 1.165) is 27.1 Å². The summed E-state index contributed by atoms with van der Waals surface area (Å²) in [5, 5.41) is 11.0. The van der Waals surface area contributed by atoms with Crippen molar-refractivity contribution in [2.45, 2.75) is 13.0 Å². The van der Waals surface area contributed by atoms with Gasteiger partial charge in [0.05, 0.1) is 11.3 Å². The van der Waals surface area contributed by atoms with Gasteiger partial charge in [-0.25, -0.2) is 8.78 Å². The molecule has 1 fully saturated rings. The molecule has 1 aromatic heterocycles. The molecule has 2 aromatic carbocycles. The van der Waals surface area contributed by atoms with Crippen molar-refractivity contribution in [1.82, 2.24) is 4.98 Å². The molecular weight excluding hydrogens is 470 g/mol. The van der Waals surface area contributed by atoms with Crippen molar-refractivity contribution in [2.75, 3.05) is 4.90 Å². The van der Waals surface area contributed by atoms with Crippen LogP contribution in [0.2, 0.25) is 0 Å². The van der Waals surface area contributed by atoms with E-state index < -0.39 is 29.4 Å². The molecule has 1 aliphatic heterocycles. The predicted molar refractivity (Wildman–Crippen MR) is 114 cm³/mol. The molecule has 8 heteroatoms. The Balaban J connectivity index is 1.95. The summed E-state index contributed by atoms with van der Waals surface area (Å²) in [6.45, 7) is 1.82. The molecule has 1 saturated heterocycles. The third kappa shape index (κ3) is 3.63. The minimum absolute atomic E-state index is 0.0253. The van der Waals surface area contributed by atoms with Crippen molar-refractivity contribution >= 4 is 39.1 Å². The summed E-state index contributed by atoms with van der Waals surface area (Å²) in [5.41, 5.74) is 1.23. The van der Waals surface area contributed by atoms with E-state index in [1.165, 1.54) is 12.3 Å². The number of pyridine rings is 1. The lowest BCUT2D eigenvalue weighted by molar-refractivity contribution is -0.132. The lowest BCUT2D eigenvalue weighted by Crippen LogP contribution is -2.30. The molecule has 156 valence electrons. The number of amides is 1. The van der Waals surface area contributed by atoms with Gasteiger partial charge in [0.2, 0.25) is 0 Å². The molecule has 2 heterocycles. The number of carbonyl (C=O) groups excluding carboxylic acids is 2. The number of aromatic nitrogens is 1. The van der Waals surface area contributed by atoms with Crippen LogP contribution in [0, 0.1) is 18.6 Å². The maximum atomic E-state index is 13.9. The van der Waals surface area contributed by atoms with Crippen LogP contribution >= 0.6 is 15.9 Å². The monoisotopic (exact) mass is 484 g/mol. The Labute approximate surface area is 184 Å². The van der Waals surface area contributed by atoms with E-state index in [1.807, 2.05) is 6.92 Å². The van der Waals surface area contributed by atoms with Crippen LogP contribution in [0.5, 0.6) is 0 Å². The predicted octanol–water partition coefficient (Wildman–Crippen LogP) is 5.06. The topological polar surface area (TPSA) is 70.5 Å². The summed E-state index contributed by atoms with van der Waals surface area (Å²) in [6, 6.07) is 11.7. The number of benzene rings is 2. The quantitative estimate of drug-likeness (QED) is 0.320. The molecular formula is C23H15BrF2N2O3. The molecule has 0 radical (unpaired) electrons. The van der Waals surface area contributed by atoms with Crippen LogP contribution in [-0.4, -0.2) is 21.8 Å². The smallest absolute Gasteiger partial charge is 0.300 e. The standard InChI is InChI=1S/C23H15BrF2N2O3/c1-12-10-13(5-7-15(12)24)21(29)19-20(18-4-2-3-9-27-18)28(23(31)22(19)30)14-6-8-16(25)17(26)11-14/h2-11,20,29H,1H3/b21-19+. The number of ketones is 1. The Hall–Kier alpha value is -3.39. The zero-order valence-electron chi connectivity index (χ0n) is 16.1. The van der Waals surface area contributed by atoms with E-state index in [9.17, 15) is 23.5 Å². The molecule has 0 saturated carbocycles. The van der Waals surface area contributed by atoms with Gasteiger partial charge in [-0.1, -0.05) is 28.1 Å². The van der Waals surface area contributed by atoms with Crippen molar-refractivity contribution in [3.8, 4) is 0 Å². The van der Waals surface area contributed by atoms with Gasteiger partial charge < -0.3 is 5.11 Å². The second kappa shape index (κ2) is 8.03. The van der Waals surface area contributed by atoms with Crippen molar-refractivity contribution in [3.05, 3.63) is 99.3 Å². The van der Waals surface area contributed by atoms with Gasteiger partial charge in [-0.2, -0.15) is 0 Å². The number of hydrogen-bond donors (Lipinski definition) is 1. The molecule has 1 atom stereocenters. The van der Waals surface area contributed by atoms with Crippen molar-refractivity contribution in [3.63, 3.8) is 0 Å². The minimum atomic E-state index is -1.16. The number of carbonyl (C=O) groups is 2. The molecule has 0 bridgehead atoms. The van der Waals surface area contributed by atoms with Crippen LogP contribution < -0.4 is 4.90 Å². The Morgan fingerprint density at radius 1 is 1.06 bits per heavy atom. The number of rotatable bonds is 3. The maximum absolute atomic E-state index is 13.9. The first kappa shape index (κ1) is 20.9. The molecule has 31 heavy (non-hydrogen) atoms. The second-order valence-electron chi connectivity index (χ2n) is 6.99. The molecule has 1 N–H and O–H groups in total.